The fourth-order valence-corrected chi connectivity index (χ4v) is 0.805. The summed E-state index contributed by atoms with van der Waals surface area (Å²) >= 11 is 0. The standard InChI is InChI=1S/C9H15NO4/c1-6(10)4-3-5-8(9(12)13)14-7(2)11/h5-6H,3-4,10H2,1-2H3,(H,12,13). The number of rotatable bonds is 5. The third-order valence-corrected chi connectivity index (χ3v) is 1.42. The highest BCUT2D eigenvalue weighted by Gasteiger charge is 2.10. The molecule has 0 aromatic heterocycles. The Morgan fingerprint density at radius 3 is 2.50 bits per heavy atom. The number of carboxylic acid groups (broad SMARTS) is 1. The predicted molar refractivity (Wildman–Crippen MR) is 50.4 cm³/mol. The Hall–Kier alpha value is -1.36. The highest BCUT2D eigenvalue weighted by Crippen LogP contribution is 2.03. The van der Waals surface area contributed by atoms with Gasteiger partial charge in [0.15, 0.2) is 0 Å². The Labute approximate surface area is 82.5 Å². The molecular weight excluding hydrogens is 186 g/mol. The second-order valence-electron chi connectivity index (χ2n) is 3.02. The van der Waals surface area contributed by atoms with Crippen LogP contribution in [-0.2, 0) is 14.3 Å². The summed E-state index contributed by atoms with van der Waals surface area (Å²) in [5.74, 6) is -2.22. The van der Waals surface area contributed by atoms with Crippen molar-refractivity contribution in [2.24, 2.45) is 5.73 Å². The number of esters is 1. The Morgan fingerprint density at radius 1 is 1.57 bits per heavy atom. The summed E-state index contributed by atoms with van der Waals surface area (Å²) < 4.78 is 4.48. The molecule has 1 unspecified atom stereocenters. The first-order valence-electron chi connectivity index (χ1n) is 4.31. The number of nitrogens with two attached hydrogens (primary N) is 1. The monoisotopic (exact) mass is 201 g/mol. The lowest BCUT2D eigenvalue weighted by Crippen LogP contribution is -2.14. The maximum Gasteiger partial charge on any atom is 0.371 e. The fourth-order valence-electron chi connectivity index (χ4n) is 0.805. The van der Waals surface area contributed by atoms with Crippen LogP contribution in [-0.4, -0.2) is 23.1 Å². The van der Waals surface area contributed by atoms with Crippen LogP contribution in [0.1, 0.15) is 26.7 Å². The van der Waals surface area contributed by atoms with E-state index in [9.17, 15) is 9.59 Å². The number of carbonyl (C=O) groups excluding carboxylic acids is 1. The van der Waals surface area contributed by atoms with Crippen molar-refractivity contribution in [3.05, 3.63) is 11.8 Å². The van der Waals surface area contributed by atoms with Gasteiger partial charge in [0.1, 0.15) is 0 Å². The van der Waals surface area contributed by atoms with Gasteiger partial charge in [-0.05, 0) is 25.8 Å². The van der Waals surface area contributed by atoms with E-state index in [1.165, 1.54) is 6.08 Å². The summed E-state index contributed by atoms with van der Waals surface area (Å²) in [6, 6.07) is -0.00128. The lowest BCUT2D eigenvalue weighted by atomic mass is 10.2. The first-order valence-corrected chi connectivity index (χ1v) is 4.31. The molecule has 1 atom stereocenters. The fraction of sp³-hybridized carbons (Fsp3) is 0.556. The van der Waals surface area contributed by atoms with Gasteiger partial charge >= 0.3 is 11.9 Å². The van der Waals surface area contributed by atoms with Gasteiger partial charge in [0.25, 0.3) is 0 Å². The van der Waals surface area contributed by atoms with Gasteiger partial charge in [-0.1, -0.05) is 0 Å². The average Bonchev–Trinajstić information content (AvgIpc) is 2.00. The molecule has 0 aliphatic carbocycles. The van der Waals surface area contributed by atoms with Gasteiger partial charge in [-0.2, -0.15) is 0 Å². The van der Waals surface area contributed by atoms with Crippen LogP contribution >= 0.6 is 0 Å². The molecule has 0 radical (unpaired) electrons. The molecule has 0 bridgehead atoms. The zero-order valence-corrected chi connectivity index (χ0v) is 8.32. The van der Waals surface area contributed by atoms with Crippen LogP contribution in [0.5, 0.6) is 0 Å². The lowest BCUT2D eigenvalue weighted by molar-refractivity contribution is -0.146. The molecule has 14 heavy (non-hydrogen) atoms. The van der Waals surface area contributed by atoms with Crippen molar-refractivity contribution < 1.29 is 19.4 Å². The zero-order chi connectivity index (χ0) is 11.1. The number of aliphatic carboxylic acids is 1. The average molecular weight is 201 g/mol. The molecular formula is C9H15NO4. The number of ether oxygens (including phenoxy) is 1. The number of carbonyl (C=O) groups is 2. The molecule has 5 nitrogen and oxygen atoms in total. The zero-order valence-electron chi connectivity index (χ0n) is 8.32. The van der Waals surface area contributed by atoms with Crippen molar-refractivity contribution >= 4 is 11.9 Å². The quantitative estimate of drug-likeness (QED) is 0.387. The molecule has 0 aliphatic heterocycles. The molecule has 3 N–H and O–H groups in total. The van der Waals surface area contributed by atoms with E-state index in [0.29, 0.717) is 12.8 Å². The van der Waals surface area contributed by atoms with E-state index in [2.05, 4.69) is 4.74 Å². The van der Waals surface area contributed by atoms with Crippen molar-refractivity contribution in [3.8, 4) is 0 Å². The Morgan fingerprint density at radius 2 is 2.14 bits per heavy atom. The summed E-state index contributed by atoms with van der Waals surface area (Å²) in [4.78, 5) is 21.0. The maximum atomic E-state index is 10.5. The van der Waals surface area contributed by atoms with Crippen molar-refractivity contribution in [1.82, 2.24) is 0 Å². The molecule has 0 saturated heterocycles. The molecule has 5 heteroatoms. The van der Waals surface area contributed by atoms with Crippen LogP contribution in [0.2, 0.25) is 0 Å². The second kappa shape index (κ2) is 6.15. The normalized spacial score (nSPS) is 13.5. The summed E-state index contributed by atoms with van der Waals surface area (Å²) in [6.07, 6.45) is 2.48. The molecule has 0 rings (SSSR count). The van der Waals surface area contributed by atoms with Gasteiger partial charge in [-0.25, -0.2) is 4.79 Å². The van der Waals surface area contributed by atoms with E-state index >= 15 is 0 Å². The Balaban J connectivity index is 4.19. The molecule has 0 heterocycles. The lowest BCUT2D eigenvalue weighted by Gasteiger charge is -2.03. The van der Waals surface area contributed by atoms with Crippen molar-refractivity contribution in [3.63, 3.8) is 0 Å². The van der Waals surface area contributed by atoms with Gasteiger partial charge in [0.2, 0.25) is 5.76 Å². The first kappa shape index (κ1) is 12.6. The SMILES string of the molecule is CC(=O)OC(=CCCC(C)N)C(=O)O. The van der Waals surface area contributed by atoms with E-state index < -0.39 is 11.9 Å². The number of allylic oxidation sites excluding steroid dienone is 1. The van der Waals surface area contributed by atoms with Crippen molar-refractivity contribution in [2.45, 2.75) is 32.7 Å². The Bertz CT molecular complexity index is 245. The second-order valence-corrected chi connectivity index (χ2v) is 3.02. The molecule has 80 valence electrons. The van der Waals surface area contributed by atoms with Crippen molar-refractivity contribution in [2.75, 3.05) is 0 Å². The molecule has 0 fully saturated rings. The molecule has 0 saturated carbocycles. The van der Waals surface area contributed by atoms with E-state index in [-0.39, 0.29) is 11.8 Å². The number of hydrogen-bond donors (Lipinski definition) is 2. The van der Waals surface area contributed by atoms with Crippen molar-refractivity contribution in [1.29, 1.82) is 0 Å². The molecule has 0 aromatic carbocycles. The van der Waals surface area contributed by atoms with E-state index in [4.69, 9.17) is 10.8 Å². The molecule has 0 aromatic rings. The largest absolute Gasteiger partial charge is 0.475 e. The number of hydrogen-bond acceptors (Lipinski definition) is 4. The summed E-state index contributed by atoms with van der Waals surface area (Å²) in [6.45, 7) is 2.97. The van der Waals surface area contributed by atoms with Gasteiger partial charge in [-0.3, -0.25) is 4.79 Å². The minimum absolute atomic E-state index is 0.00128. The van der Waals surface area contributed by atoms with Gasteiger partial charge < -0.3 is 15.6 Å². The van der Waals surface area contributed by atoms with Gasteiger partial charge in [0, 0.05) is 13.0 Å². The topological polar surface area (TPSA) is 89.6 Å². The highest BCUT2D eigenvalue weighted by molar-refractivity contribution is 5.87. The van der Waals surface area contributed by atoms with E-state index in [0.717, 1.165) is 6.92 Å². The van der Waals surface area contributed by atoms with Crippen LogP contribution in [0.4, 0.5) is 0 Å². The third kappa shape index (κ3) is 6.19. The van der Waals surface area contributed by atoms with Gasteiger partial charge in [-0.15, -0.1) is 0 Å². The van der Waals surface area contributed by atoms with E-state index in [1.807, 2.05) is 6.92 Å². The minimum atomic E-state index is -1.25. The smallest absolute Gasteiger partial charge is 0.371 e. The predicted octanol–water partition coefficient (Wildman–Crippen LogP) is 0.645. The van der Waals surface area contributed by atoms with E-state index in [1.54, 1.807) is 0 Å². The minimum Gasteiger partial charge on any atom is -0.475 e. The molecule has 0 spiro atoms. The van der Waals surface area contributed by atoms with Crippen LogP contribution in [0, 0.1) is 0 Å². The first-order chi connectivity index (χ1) is 6.43. The van der Waals surface area contributed by atoms with Gasteiger partial charge in [0.05, 0.1) is 0 Å². The molecule has 0 aliphatic rings. The highest BCUT2D eigenvalue weighted by atomic mass is 16.6. The summed E-state index contributed by atoms with van der Waals surface area (Å²) in [7, 11) is 0. The molecule has 0 amide bonds. The third-order valence-electron chi connectivity index (χ3n) is 1.42. The van der Waals surface area contributed by atoms with Crippen LogP contribution in [0.25, 0.3) is 0 Å². The Kier molecular flexibility index (Phi) is 5.55. The summed E-state index contributed by atoms with van der Waals surface area (Å²) in [5.41, 5.74) is 5.47. The number of carboxylic acids is 1. The summed E-state index contributed by atoms with van der Waals surface area (Å²) in [5, 5.41) is 8.61. The maximum absolute atomic E-state index is 10.5. The van der Waals surface area contributed by atoms with Crippen LogP contribution < -0.4 is 5.73 Å². The van der Waals surface area contributed by atoms with Crippen LogP contribution in [0.3, 0.4) is 0 Å². The van der Waals surface area contributed by atoms with Crippen LogP contribution in [0.15, 0.2) is 11.8 Å².